The maximum Gasteiger partial charge on any atom is 0.275 e. The van der Waals surface area contributed by atoms with Crippen molar-refractivity contribution in [1.29, 1.82) is 0 Å². The topological polar surface area (TPSA) is 120 Å². The van der Waals surface area contributed by atoms with Crippen molar-refractivity contribution in [3.05, 3.63) is 106 Å². The molecule has 2 heterocycles. The molecule has 10 heteroatoms. The van der Waals surface area contributed by atoms with Crippen molar-refractivity contribution < 1.29 is 9.59 Å². The van der Waals surface area contributed by atoms with E-state index in [1.807, 2.05) is 60.7 Å². The summed E-state index contributed by atoms with van der Waals surface area (Å²) in [6.45, 7) is 0. The third-order valence-corrected chi connectivity index (χ3v) is 5.51. The number of anilines is 2. The van der Waals surface area contributed by atoms with E-state index >= 15 is 0 Å². The Labute approximate surface area is 201 Å². The van der Waals surface area contributed by atoms with Gasteiger partial charge >= 0.3 is 0 Å². The monoisotopic (exact) mass is 558 g/mol. The Bertz CT molecular complexity index is 1070. The fourth-order valence-corrected chi connectivity index (χ4v) is 3.73. The molecule has 4 aromatic rings. The molecule has 0 aliphatic carbocycles. The second kappa shape index (κ2) is 10.7. The van der Waals surface area contributed by atoms with E-state index in [4.69, 9.17) is 11.7 Å². The third-order valence-electron chi connectivity index (χ3n) is 4.23. The van der Waals surface area contributed by atoms with Gasteiger partial charge in [0.1, 0.15) is 11.4 Å². The van der Waals surface area contributed by atoms with E-state index in [0.717, 1.165) is 11.4 Å². The Morgan fingerprint density at radius 2 is 0.969 bits per heavy atom. The first-order valence-electron chi connectivity index (χ1n) is 9.33. The molecule has 0 unspecified atom stereocenters. The number of nitrogens with one attached hydrogen (secondary N) is 2. The molecule has 0 aliphatic rings. The maximum absolute atomic E-state index is 11.9. The minimum Gasteiger partial charge on any atom is -0.339 e. The molecule has 8 nitrogen and oxygen atoms in total. The van der Waals surface area contributed by atoms with Crippen molar-refractivity contribution in [2.24, 2.45) is 0 Å². The first kappa shape index (κ1) is 23.2. The predicted molar refractivity (Wildman–Crippen MR) is 133 cm³/mol. The largest absolute Gasteiger partial charge is 0.339 e. The second-order valence-corrected chi connectivity index (χ2v) is 8.19. The van der Waals surface area contributed by atoms with Crippen LogP contribution in [0.25, 0.3) is 0 Å². The van der Waals surface area contributed by atoms with E-state index in [1.54, 1.807) is 24.5 Å². The van der Waals surface area contributed by atoms with E-state index < -0.39 is 0 Å². The number of carbonyl (C=O) groups is 2. The summed E-state index contributed by atoms with van der Waals surface area (Å²) in [5, 5.41) is 5.51. The van der Waals surface area contributed by atoms with Gasteiger partial charge in [-0.05, 0) is 68.3 Å². The number of carbonyl (C=O) groups excluding carboxylic acids is 2. The van der Waals surface area contributed by atoms with Crippen LogP contribution in [0, 0.1) is 0 Å². The molecule has 0 saturated heterocycles. The minimum atomic E-state index is -0.245. The standard InChI is InChI=1S/2C11H10BrN3O/c2*12-9-6-7-15(13)10(9)11(16)14-8-4-2-1-3-5-8/h2*1-7H,13H2,(H,14,16). The molecule has 0 radical (unpaired) electrons. The lowest BCUT2D eigenvalue weighted by atomic mass is 10.3. The highest BCUT2D eigenvalue weighted by Crippen LogP contribution is 2.19. The van der Waals surface area contributed by atoms with Crippen LogP contribution in [-0.4, -0.2) is 21.2 Å². The van der Waals surface area contributed by atoms with Crippen LogP contribution < -0.4 is 22.3 Å². The molecule has 164 valence electrons. The molecule has 4 rings (SSSR count). The van der Waals surface area contributed by atoms with Crippen LogP contribution in [0.5, 0.6) is 0 Å². The Balaban J connectivity index is 0.000000181. The molecule has 6 N–H and O–H groups in total. The third kappa shape index (κ3) is 5.80. The Hall–Kier alpha value is -3.50. The zero-order chi connectivity index (χ0) is 23.1. The average Bonchev–Trinajstić information content (AvgIpc) is 3.30. The van der Waals surface area contributed by atoms with Gasteiger partial charge in [-0.15, -0.1) is 0 Å². The first-order valence-corrected chi connectivity index (χ1v) is 10.9. The summed E-state index contributed by atoms with van der Waals surface area (Å²) >= 11 is 6.54. The number of nitrogen functional groups attached to an aromatic ring is 2. The molecule has 2 aromatic carbocycles. The molecule has 0 saturated carbocycles. The molecule has 2 aromatic heterocycles. The van der Waals surface area contributed by atoms with Gasteiger partial charge in [-0.1, -0.05) is 36.4 Å². The van der Waals surface area contributed by atoms with Gasteiger partial charge in [-0.25, -0.2) is 0 Å². The summed E-state index contributed by atoms with van der Waals surface area (Å²) in [6.07, 6.45) is 3.23. The maximum atomic E-state index is 11.9. The van der Waals surface area contributed by atoms with Gasteiger partial charge < -0.3 is 22.3 Å². The molecular formula is C22H20Br2N6O2. The number of hydrogen-bond donors (Lipinski definition) is 4. The van der Waals surface area contributed by atoms with Crippen molar-refractivity contribution in [3.8, 4) is 0 Å². The van der Waals surface area contributed by atoms with Crippen LogP contribution in [0.3, 0.4) is 0 Å². The zero-order valence-electron chi connectivity index (χ0n) is 16.7. The summed E-state index contributed by atoms with van der Waals surface area (Å²) in [6, 6.07) is 21.9. The highest BCUT2D eigenvalue weighted by molar-refractivity contribution is 9.10. The van der Waals surface area contributed by atoms with E-state index in [-0.39, 0.29) is 11.8 Å². The summed E-state index contributed by atoms with van der Waals surface area (Å²) in [5.41, 5.74) is 2.26. The first-order chi connectivity index (χ1) is 15.4. The van der Waals surface area contributed by atoms with Gasteiger partial charge in [0.15, 0.2) is 0 Å². The summed E-state index contributed by atoms with van der Waals surface area (Å²) < 4.78 is 3.90. The lowest BCUT2D eigenvalue weighted by molar-refractivity contribution is 0.101. The fourth-order valence-electron chi connectivity index (χ4n) is 2.72. The molecule has 2 amide bonds. The molecule has 0 fully saturated rings. The van der Waals surface area contributed by atoms with Gasteiger partial charge in [0, 0.05) is 23.8 Å². The highest BCUT2D eigenvalue weighted by atomic mass is 79.9. The van der Waals surface area contributed by atoms with Gasteiger partial charge in [-0.3, -0.25) is 18.9 Å². The highest BCUT2D eigenvalue weighted by Gasteiger charge is 2.15. The average molecular weight is 560 g/mol. The number of halogens is 2. The van der Waals surface area contributed by atoms with Crippen LogP contribution in [0.2, 0.25) is 0 Å². The summed E-state index contributed by atoms with van der Waals surface area (Å²) in [5.74, 6) is 10.8. The van der Waals surface area contributed by atoms with Gasteiger partial charge in [0.05, 0.1) is 8.95 Å². The van der Waals surface area contributed by atoms with E-state index in [1.165, 1.54) is 9.35 Å². The second-order valence-electron chi connectivity index (χ2n) is 6.48. The van der Waals surface area contributed by atoms with Crippen LogP contribution in [-0.2, 0) is 0 Å². The summed E-state index contributed by atoms with van der Waals surface area (Å²) in [4.78, 5) is 23.7. The lowest BCUT2D eigenvalue weighted by Crippen LogP contribution is -2.21. The van der Waals surface area contributed by atoms with Crippen LogP contribution in [0.4, 0.5) is 11.4 Å². The van der Waals surface area contributed by atoms with Gasteiger partial charge in [0.2, 0.25) is 0 Å². The van der Waals surface area contributed by atoms with Crippen LogP contribution in [0.1, 0.15) is 21.0 Å². The number of benzene rings is 2. The van der Waals surface area contributed by atoms with Crippen molar-refractivity contribution in [2.45, 2.75) is 0 Å². The molecular weight excluding hydrogens is 540 g/mol. The molecule has 0 atom stereocenters. The lowest BCUT2D eigenvalue weighted by Gasteiger charge is -2.06. The van der Waals surface area contributed by atoms with Gasteiger partial charge in [0.25, 0.3) is 11.8 Å². The number of hydrogen-bond acceptors (Lipinski definition) is 4. The molecule has 0 bridgehead atoms. The SMILES string of the molecule is Nn1ccc(Br)c1C(=O)Nc1ccccc1.Nn1ccc(Br)c1C(=O)Nc1ccccc1. The normalized spacial score (nSPS) is 10.1. The van der Waals surface area contributed by atoms with Crippen LogP contribution >= 0.6 is 31.9 Å². The minimum absolute atomic E-state index is 0.245. The smallest absolute Gasteiger partial charge is 0.275 e. The Morgan fingerprint density at radius 1 is 0.625 bits per heavy atom. The Morgan fingerprint density at radius 3 is 1.25 bits per heavy atom. The van der Waals surface area contributed by atoms with Crippen LogP contribution in [0.15, 0.2) is 94.1 Å². The van der Waals surface area contributed by atoms with Crippen molar-refractivity contribution in [2.75, 3.05) is 22.3 Å². The van der Waals surface area contributed by atoms with E-state index in [9.17, 15) is 9.59 Å². The number of rotatable bonds is 4. The number of nitrogens with two attached hydrogens (primary N) is 2. The molecule has 32 heavy (non-hydrogen) atoms. The fraction of sp³-hybridized carbons (Fsp3) is 0. The molecule has 0 aliphatic heterocycles. The zero-order valence-corrected chi connectivity index (χ0v) is 19.9. The van der Waals surface area contributed by atoms with Gasteiger partial charge in [-0.2, -0.15) is 0 Å². The number of para-hydroxylation sites is 2. The van der Waals surface area contributed by atoms with Crippen molar-refractivity contribution >= 4 is 55.0 Å². The molecule has 0 spiro atoms. The quantitative estimate of drug-likeness (QED) is 0.276. The summed E-state index contributed by atoms with van der Waals surface area (Å²) in [7, 11) is 0. The number of aromatic nitrogens is 2. The van der Waals surface area contributed by atoms with Crippen molar-refractivity contribution in [1.82, 2.24) is 9.35 Å². The van der Waals surface area contributed by atoms with Crippen molar-refractivity contribution in [3.63, 3.8) is 0 Å². The number of nitrogens with zero attached hydrogens (tertiary/aromatic N) is 2. The number of amides is 2. The van der Waals surface area contributed by atoms with E-state index in [2.05, 4.69) is 42.5 Å². The predicted octanol–water partition coefficient (Wildman–Crippen LogP) is 4.43. The Kier molecular flexibility index (Phi) is 7.74. The van der Waals surface area contributed by atoms with E-state index in [0.29, 0.717) is 20.3 Å².